The average Bonchev–Trinajstić information content (AvgIpc) is 2.76. The monoisotopic (exact) mass is 307 g/mol. The predicted octanol–water partition coefficient (Wildman–Crippen LogP) is 4.89. The van der Waals surface area contributed by atoms with Gasteiger partial charge in [-0.1, -0.05) is 24.9 Å². The molecule has 0 spiro atoms. The van der Waals surface area contributed by atoms with Crippen LogP contribution in [-0.4, -0.2) is 15.6 Å². The highest BCUT2D eigenvalue weighted by atomic mass is 35.5. The van der Waals surface area contributed by atoms with Crippen LogP contribution >= 0.6 is 11.6 Å². The Morgan fingerprint density at radius 1 is 1.19 bits per heavy atom. The minimum absolute atomic E-state index is 0.278. The summed E-state index contributed by atoms with van der Waals surface area (Å²) >= 11 is 6.15. The number of aromatic nitrogens is 2. The van der Waals surface area contributed by atoms with Crippen molar-refractivity contribution in [1.82, 2.24) is 9.55 Å². The van der Waals surface area contributed by atoms with Gasteiger partial charge in [0.15, 0.2) is 0 Å². The molecule has 2 atom stereocenters. The first-order valence-electron chi connectivity index (χ1n) is 7.83. The highest BCUT2D eigenvalue weighted by molar-refractivity contribution is 6.31. The number of nitrogens with two attached hydrogens (primary N) is 1. The molecule has 0 saturated heterocycles. The number of fused-ring (bicyclic) bond motifs is 1. The minimum atomic E-state index is 0.278. The first kappa shape index (κ1) is 16.3. The molecule has 1 heterocycles. The molecule has 0 aliphatic carbocycles. The van der Waals surface area contributed by atoms with Crippen molar-refractivity contribution >= 4 is 22.6 Å². The first-order chi connectivity index (χ1) is 9.90. The van der Waals surface area contributed by atoms with Gasteiger partial charge in [-0.05, 0) is 51.8 Å². The number of benzene rings is 1. The van der Waals surface area contributed by atoms with Crippen molar-refractivity contribution in [3.63, 3.8) is 0 Å². The molecule has 116 valence electrons. The van der Waals surface area contributed by atoms with E-state index in [1.807, 2.05) is 18.2 Å². The van der Waals surface area contributed by atoms with E-state index < -0.39 is 0 Å². The maximum absolute atomic E-state index is 6.15. The number of nitrogens with zero attached hydrogens (tertiary/aromatic N) is 2. The fraction of sp³-hybridized carbons (Fsp3) is 0.588. The molecule has 0 saturated carbocycles. The van der Waals surface area contributed by atoms with E-state index in [9.17, 15) is 0 Å². The highest BCUT2D eigenvalue weighted by Gasteiger charge is 2.18. The van der Waals surface area contributed by atoms with Crippen molar-refractivity contribution in [2.45, 2.75) is 65.0 Å². The molecule has 2 rings (SSSR count). The van der Waals surface area contributed by atoms with Gasteiger partial charge in [0.1, 0.15) is 5.82 Å². The Morgan fingerprint density at radius 2 is 1.90 bits per heavy atom. The molecule has 2 N–H and O–H groups in total. The Morgan fingerprint density at radius 3 is 2.52 bits per heavy atom. The normalized spacial score (nSPS) is 14.8. The van der Waals surface area contributed by atoms with Gasteiger partial charge in [-0.3, -0.25) is 0 Å². The lowest BCUT2D eigenvalue weighted by atomic mass is 10.0. The topological polar surface area (TPSA) is 43.8 Å². The highest BCUT2D eigenvalue weighted by Crippen LogP contribution is 2.30. The Labute approximate surface area is 132 Å². The van der Waals surface area contributed by atoms with Crippen LogP contribution in [-0.2, 0) is 0 Å². The van der Waals surface area contributed by atoms with Gasteiger partial charge in [0.25, 0.3) is 0 Å². The number of rotatable bonds is 6. The molecule has 0 aliphatic heterocycles. The zero-order valence-corrected chi connectivity index (χ0v) is 14.2. The molecule has 1 aromatic carbocycles. The predicted molar refractivity (Wildman–Crippen MR) is 91.0 cm³/mol. The van der Waals surface area contributed by atoms with Gasteiger partial charge < -0.3 is 10.3 Å². The van der Waals surface area contributed by atoms with E-state index in [0.29, 0.717) is 12.0 Å². The molecular formula is C17H26ClN3. The Bertz CT molecular complexity index is 601. The van der Waals surface area contributed by atoms with Crippen LogP contribution < -0.4 is 5.73 Å². The molecule has 0 amide bonds. The summed E-state index contributed by atoms with van der Waals surface area (Å²) in [5, 5.41) is 0.764. The van der Waals surface area contributed by atoms with E-state index >= 15 is 0 Å². The second-order valence-electron chi connectivity index (χ2n) is 6.38. The summed E-state index contributed by atoms with van der Waals surface area (Å²) in [7, 11) is 0. The molecular weight excluding hydrogens is 282 g/mol. The summed E-state index contributed by atoms with van der Waals surface area (Å²) in [4.78, 5) is 4.85. The second kappa shape index (κ2) is 6.80. The van der Waals surface area contributed by atoms with Crippen LogP contribution in [0.4, 0.5) is 0 Å². The van der Waals surface area contributed by atoms with E-state index in [1.165, 1.54) is 0 Å². The van der Waals surface area contributed by atoms with Crippen LogP contribution in [0, 0.1) is 0 Å². The molecule has 0 radical (unpaired) electrons. The van der Waals surface area contributed by atoms with Crippen LogP contribution in [0.5, 0.6) is 0 Å². The number of halogens is 1. The van der Waals surface area contributed by atoms with Crippen LogP contribution in [0.1, 0.15) is 64.7 Å². The van der Waals surface area contributed by atoms with Crippen LogP contribution in [0.25, 0.3) is 11.0 Å². The summed E-state index contributed by atoms with van der Waals surface area (Å²) in [6, 6.07) is 6.59. The standard InChI is InChI=1S/C17H26ClN3/c1-11(2)21-16-10-14(18)8-9-15(16)20-17(21)12(3)6-5-7-13(4)19/h8-13H,5-7,19H2,1-4H3. The zero-order chi connectivity index (χ0) is 15.6. The fourth-order valence-electron chi connectivity index (χ4n) is 2.85. The van der Waals surface area contributed by atoms with Crippen molar-refractivity contribution in [3.8, 4) is 0 Å². The average molecular weight is 308 g/mol. The number of imidazole rings is 1. The third-order valence-electron chi connectivity index (χ3n) is 3.93. The molecule has 21 heavy (non-hydrogen) atoms. The van der Waals surface area contributed by atoms with Crippen LogP contribution in [0.2, 0.25) is 5.02 Å². The van der Waals surface area contributed by atoms with Crippen molar-refractivity contribution < 1.29 is 0 Å². The maximum Gasteiger partial charge on any atom is 0.112 e. The first-order valence-corrected chi connectivity index (χ1v) is 8.21. The summed E-state index contributed by atoms with van der Waals surface area (Å²) < 4.78 is 2.32. The third kappa shape index (κ3) is 3.78. The van der Waals surface area contributed by atoms with Gasteiger partial charge in [-0.25, -0.2) is 4.98 Å². The number of hydrogen-bond acceptors (Lipinski definition) is 2. The quantitative estimate of drug-likeness (QED) is 0.825. The molecule has 2 aromatic rings. The van der Waals surface area contributed by atoms with E-state index in [1.54, 1.807) is 0 Å². The summed E-state index contributed by atoms with van der Waals surface area (Å²) in [6.45, 7) is 8.71. The molecule has 3 nitrogen and oxygen atoms in total. The number of hydrogen-bond donors (Lipinski definition) is 1. The maximum atomic E-state index is 6.15. The third-order valence-corrected chi connectivity index (χ3v) is 4.17. The van der Waals surface area contributed by atoms with Gasteiger partial charge in [0.05, 0.1) is 11.0 Å². The van der Waals surface area contributed by atoms with Gasteiger partial charge in [-0.2, -0.15) is 0 Å². The van der Waals surface area contributed by atoms with Gasteiger partial charge in [0, 0.05) is 23.0 Å². The molecule has 0 aliphatic rings. The summed E-state index contributed by atoms with van der Waals surface area (Å²) in [5.74, 6) is 1.59. The van der Waals surface area contributed by atoms with E-state index in [4.69, 9.17) is 22.3 Å². The molecule has 1 aromatic heterocycles. The molecule has 0 bridgehead atoms. The Hall–Kier alpha value is -1.06. The van der Waals surface area contributed by atoms with E-state index in [2.05, 4.69) is 32.3 Å². The fourth-order valence-corrected chi connectivity index (χ4v) is 3.02. The molecule has 4 heteroatoms. The SMILES string of the molecule is CC(N)CCCC(C)c1nc2ccc(Cl)cc2n1C(C)C. The lowest BCUT2D eigenvalue weighted by Crippen LogP contribution is -2.15. The van der Waals surface area contributed by atoms with E-state index in [0.717, 1.165) is 41.1 Å². The smallest absolute Gasteiger partial charge is 0.112 e. The molecule has 2 unspecified atom stereocenters. The zero-order valence-electron chi connectivity index (χ0n) is 13.4. The lowest BCUT2D eigenvalue weighted by Gasteiger charge is -2.18. The summed E-state index contributed by atoms with van der Waals surface area (Å²) in [5.41, 5.74) is 8.00. The Kier molecular flexibility index (Phi) is 5.28. The van der Waals surface area contributed by atoms with Crippen LogP contribution in [0.15, 0.2) is 18.2 Å². The van der Waals surface area contributed by atoms with Gasteiger partial charge >= 0.3 is 0 Å². The van der Waals surface area contributed by atoms with Crippen molar-refractivity contribution in [2.75, 3.05) is 0 Å². The Balaban J connectivity index is 2.31. The lowest BCUT2D eigenvalue weighted by molar-refractivity contribution is 0.504. The molecule has 0 fully saturated rings. The van der Waals surface area contributed by atoms with Crippen molar-refractivity contribution in [1.29, 1.82) is 0 Å². The van der Waals surface area contributed by atoms with Crippen molar-refractivity contribution in [3.05, 3.63) is 29.0 Å². The largest absolute Gasteiger partial charge is 0.328 e. The van der Waals surface area contributed by atoms with Crippen LogP contribution in [0.3, 0.4) is 0 Å². The van der Waals surface area contributed by atoms with E-state index in [-0.39, 0.29) is 6.04 Å². The minimum Gasteiger partial charge on any atom is -0.328 e. The second-order valence-corrected chi connectivity index (χ2v) is 6.81. The van der Waals surface area contributed by atoms with Gasteiger partial charge in [0.2, 0.25) is 0 Å². The van der Waals surface area contributed by atoms with Gasteiger partial charge in [-0.15, -0.1) is 0 Å². The summed E-state index contributed by atoms with van der Waals surface area (Å²) in [6.07, 6.45) is 3.32. The van der Waals surface area contributed by atoms with Crippen molar-refractivity contribution in [2.24, 2.45) is 5.73 Å².